The maximum atomic E-state index is 15.5. The minimum Gasteiger partial charge on any atom is -0.477 e. The molecule has 1 aliphatic carbocycles. The van der Waals surface area contributed by atoms with Gasteiger partial charge in [-0.1, -0.05) is 23.7 Å². The number of hydrogen-bond acceptors (Lipinski definition) is 4. The van der Waals surface area contributed by atoms with Gasteiger partial charge in [-0.15, -0.1) is 0 Å². The topological polar surface area (TPSA) is 85.8 Å². The average molecular weight is 472 g/mol. The van der Waals surface area contributed by atoms with Gasteiger partial charge >= 0.3 is 5.97 Å². The van der Waals surface area contributed by atoms with E-state index in [0.717, 1.165) is 24.2 Å². The molecule has 1 saturated heterocycles. The van der Waals surface area contributed by atoms with Crippen molar-refractivity contribution in [2.45, 2.75) is 30.8 Å². The summed E-state index contributed by atoms with van der Waals surface area (Å²) in [6, 6.07) is 8.28. The van der Waals surface area contributed by atoms with Gasteiger partial charge in [-0.3, -0.25) is 14.7 Å². The van der Waals surface area contributed by atoms with Crippen LogP contribution in [-0.4, -0.2) is 46.3 Å². The number of pyridine rings is 1. The second-order valence-electron chi connectivity index (χ2n) is 8.56. The highest BCUT2D eigenvalue weighted by molar-refractivity contribution is 6.30. The third-order valence-electron chi connectivity index (χ3n) is 6.56. The third-order valence-corrected chi connectivity index (χ3v) is 6.81. The Kier molecular flexibility index (Phi) is 5.29. The van der Waals surface area contributed by atoms with Gasteiger partial charge in [0, 0.05) is 36.1 Å². The number of hydrogen-bond donors (Lipinski definition) is 2. The quantitative estimate of drug-likeness (QED) is 0.542. The monoisotopic (exact) mass is 471 g/mol. The van der Waals surface area contributed by atoms with Gasteiger partial charge in [0.25, 0.3) is 0 Å². The second kappa shape index (κ2) is 8.04. The lowest BCUT2D eigenvalue weighted by atomic mass is 9.98. The summed E-state index contributed by atoms with van der Waals surface area (Å²) >= 11 is 5.91. The minimum atomic E-state index is -1.45. The van der Waals surface area contributed by atoms with Gasteiger partial charge in [0.15, 0.2) is 5.82 Å². The lowest BCUT2D eigenvalue weighted by Crippen LogP contribution is -2.35. The number of aromatic carboxylic acids is 1. The van der Waals surface area contributed by atoms with Crippen LogP contribution in [0.5, 0.6) is 0 Å². The van der Waals surface area contributed by atoms with Crippen LogP contribution in [0, 0.1) is 11.6 Å². The lowest BCUT2D eigenvalue weighted by Gasteiger charge is -2.29. The van der Waals surface area contributed by atoms with E-state index in [2.05, 4.69) is 14.9 Å². The molecule has 33 heavy (non-hydrogen) atoms. The number of H-pyrrole nitrogens is 1. The molecule has 2 aliphatic rings. The first-order valence-corrected chi connectivity index (χ1v) is 11.0. The molecule has 0 radical (unpaired) electrons. The third kappa shape index (κ3) is 3.73. The Morgan fingerprint density at radius 1 is 1.27 bits per heavy atom. The maximum absolute atomic E-state index is 15.5. The van der Waals surface area contributed by atoms with Gasteiger partial charge in [-0.05, 0) is 43.0 Å². The van der Waals surface area contributed by atoms with Crippen molar-refractivity contribution in [2.24, 2.45) is 4.99 Å². The molecule has 2 N–H and O–H groups in total. The Labute approximate surface area is 192 Å². The number of carbonyl (C=O) groups is 1. The molecule has 6 nitrogen and oxygen atoms in total. The number of aliphatic imine (C=N–C) groups is 1. The summed E-state index contributed by atoms with van der Waals surface area (Å²) in [6.07, 6.45) is 4.69. The first-order chi connectivity index (χ1) is 15.8. The molecule has 1 saturated carbocycles. The Morgan fingerprint density at radius 3 is 2.67 bits per heavy atom. The first-order valence-electron chi connectivity index (χ1n) is 10.6. The smallest absolute Gasteiger partial charge is 0.341 e. The molecule has 2 fully saturated rings. The van der Waals surface area contributed by atoms with E-state index >= 15 is 8.78 Å². The van der Waals surface area contributed by atoms with E-state index in [-0.39, 0.29) is 22.5 Å². The summed E-state index contributed by atoms with van der Waals surface area (Å²) in [7, 11) is 0. The zero-order valence-electron chi connectivity index (χ0n) is 17.4. The highest BCUT2D eigenvalue weighted by Gasteiger charge is 2.54. The van der Waals surface area contributed by atoms with E-state index in [1.54, 1.807) is 18.3 Å². The van der Waals surface area contributed by atoms with Gasteiger partial charge < -0.3 is 10.1 Å². The summed E-state index contributed by atoms with van der Waals surface area (Å²) in [5, 5.41) is 9.46. The number of nitrogens with one attached hydrogen (secondary N) is 1. The number of rotatable bonds is 5. The summed E-state index contributed by atoms with van der Waals surface area (Å²) in [6.45, 7) is 1.21. The molecule has 1 aromatic heterocycles. The van der Waals surface area contributed by atoms with E-state index in [1.807, 2.05) is 12.1 Å². The first kappa shape index (κ1) is 21.7. The van der Waals surface area contributed by atoms with E-state index < -0.39 is 34.1 Å². The predicted molar refractivity (Wildman–Crippen MR) is 121 cm³/mol. The molecule has 1 unspecified atom stereocenters. The van der Waals surface area contributed by atoms with Crippen LogP contribution in [0.4, 0.5) is 8.78 Å². The Balaban J connectivity index is 1.44. The number of halogens is 3. The molecule has 5 rings (SSSR count). The minimum absolute atomic E-state index is 0.00247. The molecule has 0 amide bonds. The number of aromatic amines is 1. The van der Waals surface area contributed by atoms with Gasteiger partial charge in [0.05, 0.1) is 22.5 Å². The molecule has 170 valence electrons. The summed E-state index contributed by atoms with van der Waals surface area (Å²) in [5.74, 6) is -3.13. The number of fused-ring (bicyclic) bond motifs is 1. The van der Waals surface area contributed by atoms with Crippen LogP contribution in [0.3, 0.4) is 0 Å². The highest BCUT2D eigenvalue weighted by Crippen LogP contribution is 2.54. The molecular weight excluding hydrogens is 452 g/mol. The fourth-order valence-electron chi connectivity index (χ4n) is 4.72. The lowest BCUT2D eigenvalue weighted by molar-refractivity contribution is 0.0695. The zero-order chi connectivity index (χ0) is 23.3. The molecule has 2 heterocycles. The standard InChI is InChI=1S/C24H20ClF2N3O3/c25-14-3-1-13(2-4-14)10-28-15-5-8-30(12-15)24(6-7-24)19-18(26)9-16-21(20(19)27)29-11-17(22(16)31)23(32)33/h1-4,9-11,15H,5-8,12H2,(H,29,31)(H,32,33)/b28-10+. The number of carboxylic acids is 1. The van der Waals surface area contributed by atoms with Crippen molar-refractivity contribution in [3.05, 3.63) is 80.1 Å². The van der Waals surface area contributed by atoms with Crippen molar-refractivity contribution in [3.8, 4) is 0 Å². The summed E-state index contributed by atoms with van der Waals surface area (Å²) in [5.41, 5.74) is -1.58. The number of nitrogens with zero attached hydrogens (tertiary/aromatic N) is 2. The number of aromatic nitrogens is 1. The van der Waals surface area contributed by atoms with Crippen molar-refractivity contribution in [1.29, 1.82) is 0 Å². The predicted octanol–water partition coefficient (Wildman–Crippen LogP) is 4.34. The van der Waals surface area contributed by atoms with Crippen LogP contribution in [-0.2, 0) is 5.54 Å². The normalized spacial score (nSPS) is 20.0. The van der Waals surface area contributed by atoms with Crippen LogP contribution in [0.1, 0.15) is 40.7 Å². The van der Waals surface area contributed by atoms with Crippen molar-refractivity contribution in [2.75, 3.05) is 13.1 Å². The van der Waals surface area contributed by atoms with Crippen molar-refractivity contribution in [1.82, 2.24) is 9.88 Å². The number of carboxylic acid groups (broad SMARTS) is 1. The van der Waals surface area contributed by atoms with Crippen LogP contribution < -0.4 is 5.43 Å². The van der Waals surface area contributed by atoms with E-state index in [9.17, 15) is 9.59 Å². The SMILES string of the molecule is O=C(O)c1c[nH]c2c(F)c(C3(N4CCC(/N=C/c5ccc(Cl)cc5)C4)CC3)c(F)cc2c1=O. The van der Waals surface area contributed by atoms with Crippen LogP contribution in [0.25, 0.3) is 10.9 Å². The number of likely N-dealkylation sites (tertiary alicyclic amines) is 1. The van der Waals surface area contributed by atoms with E-state index in [4.69, 9.17) is 16.7 Å². The van der Waals surface area contributed by atoms with Gasteiger partial charge in [0.1, 0.15) is 11.4 Å². The Morgan fingerprint density at radius 2 is 2.00 bits per heavy atom. The van der Waals surface area contributed by atoms with Gasteiger partial charge in [-0.25, -0.2) is 13.6 Å². The summed E-state index contributed by atoms with van der Waals surface area (Å²) in [4.78, 5) is 32.8. The van der Waals surface area contributed by atoms with Crippen LogP contribution in [0.15, 0.2) is 46.3 Å². The average Bonchev–Trinajstić information content (AvgIpc) is 3.42. The van der Waals surface area contributed by atoms with E-state index in [0.29, 0.717) is 31.0 Å². The largest absolute Gasteiger partial charge is 0.477 e. The van der Waals surface area contributed by atoms with Crippen molar-refractivity contribution < 1.29 is 18.7 Å². The van der Waals surface area contributed by atoms with Crippen LogP contribution in [0.2, 0.25) is 5.02 Å². The molecule has 1 atom stereocenters. The summed E-state index contributed by atoms with van der Waals surface area (Å²) < 4.78 is 30.7. The molecule has 1 aliphatic heterocycles. The van der Waals surface area contributed by atoms with Crippen LogP contribution >= 0.6 is 11.6 Å². The highest BCUT2D eigenvalue weighted by atomic mass is 35.5. The maximum Gasteiger partial charge on any atom is 0.341 e. The van der Waals surface area contributed by atoms with E-state index in [1.165, 1.54) is 0 Å². The molecule has 0 bridgehead atoms. The molecule has 0 spiro atoms. The van der Waals surface area contributed by atoms with Crippen molar-refractivity contribution >= 4 is 34.7 Å². The Hall–Kier alpha value is -3.10. The molecular formula is C24H20ClF2N3O3. The molecule has 2 aromatic carbocycles. The fraction of sp³-hybridized carbons (Fsp3) is 0.292. The molecule has 9 heteroatoms. The zero-order valence-corrected chi connectivity index (χ0v) is 18.2. The van der Waals surface area contributed by atoms with Crippen molar-refractivity contribution in [3.63, 3.8) is 0 Å². The second-order valence-corrected chi connectivity index (χ2v) is 8.99. The number of benzene rings is 2. The van der Waals surface area contributed by atoms with Gasteiger partial charge in [0.2, 0.25) is 5.43 Å². The Bertz CT molecular complexity index is 1350. The molecule has 3 aromatic rings. The fourth-order valence-corrected chi connectivity index (χ4v) is 4.84. The van der Waals surface area contributed by atoms with Gasteiger partial charge in [-0.2, -0.15) is 0 Å².